The predicted molar refractivity (Wildman–Crippen MR) is 99.2 cm³/mol. The summed E-state index contributed by atoms with van der Waals surface area (Å²) in [5, 5.41) is 32.9. The summed E-state index contributed by atoms with van der Waals surface area (Å²) in [5.41, 5.74) is 1.43. The number of azo groups is 1. The second-order valence-corrected chi connectivity index (χ2v) is 5.60. The van der Waals surface area contributed by atoms with E-state index in [-0.39, 0.29) is 22.3 Å². The lowest BCUT2D eigenvalue weighted by Crippen LogP contribution is -2.04. The van der Waals surface area contributed by atoms with Crippen LogP contribution in [0.3, 0.4) is 0 Å². The third kappa shape index (κ3) is 3.04. The van der Waals surface area contributed by atoms with Crippen molar-refractivity contribution in [1.29, 1.82) is 0 Å². The number of aromatic hydroxyl groups is 2. The highest BCUT2D eigenvalue weighted by Crippen LogP contribution is 2.44. The largest absolute Gasteiger partial charge is 0.507 e. The fourth-order valence-electron chi connectivity index (χ4n) is 2.38. The van der Waals surface area contributed by atoms with Gasteiger partial charge in [0.2, 0.25) is 5.11 Å². The van der Waals surface area contributed by atoms with Crippen LogP contribution in [0.2, 0.25) is 0 Å². The number of phenolic OH excluding ortho intramolecular Hbond substituents is 2. The molecule has 0 unspecified atom stereocenters. The van der Waals surface area contributed by atoms with Crippen molar-refractivity contribution < 1.29 is 10.2 Å². The number of thiocarbonyl (C=S) groups is 1. The summed E-state index contributed by atoms with van der Waals surface area (Å²) in [4.78, 5) is 0. The van der Waals surface area contributed by atoms with E-state index in [9.17, 15) is 10.2 Å². The van der Waals surface area contributed by atoms with Gasteiger partial charge in [0, 0.05) is 22.0 Å². The maximum atomic E-state index is 10.3. The Morgan fingerprint density at radius 1 is 0.917 bits per heavy atom. The first-order valence-electron chi connectivity index (χ1n) is 7.29. The van der Waals surface area contributed by atoms with E-state index in [1.54, 1.807) is 31.2 Å². The Hall–Kier alpha value is -2.99. The van der Waals surface area contributed by atoms with Gasteiger partial charge in [-0.3, -0.25) is 0 Å². The summed E-state index contributed by atoms with van der Waals surface area (Å²) < 4.78 is 0. The highest BCUT2D eigenvalue weighted by Gasteiger charge is 2.15. The predicted octanol–water partition coefficient (Wildman–Crippen LogP) is 5.04. The van der Waals surface area contributed by atoms with Gasteiger partial charge in [0.1, 0.15) is 17.2 Å². The first-order valence-corrected chi connectivity index (χ1v) is 7.69. The standard InChI is InChI=1S/C18H15N3O2S/c1-11-16(22)14-10-6-5-9-13(14)15(17(11)23)20-21-18(24)19-12-7-3-2-4-8-12/h2-10,22-23H,1H3,(H,19,24). The molecule has 120 valence electrons. The van der Waals surface area contributed by atoms with Crippen LogP contribution in [0.4, 0.5) is 11.4 Å². The number of rotatable bonds is 2. The molecule has 24 heavy (non-hydrogen) atoms. The van der Waals surface area contributed by atoms with E-state index in [0.29, 0.717) is 16.3 Å². The normalized spacial score (nSPS) is 11.0. The van der Waals surface area contributed by atoms with E-state index in [0.717, 1.165) is 5.69 Å². The third-order valence-corrected chi connectivity index (χ3v) is 3.82. The maximum absolute atomic E-state index is 10.3. The molecule has 0 radical (unpaired) electrons. The lowest BCUT2D eigenvalue weighted by Gasteiger charge is -2.10. The molecule has 0 saturated heterocycles. The number of hydrogen-bond donors (Lipinski definition) is 3. The van der Waals surface area contributed by atoms with Gasteiger partial charge in [0.25, 0.3) is 0 Å². The average molecular weight is 337 g/mol. The molecule has 0 aliphatic carbocycles. The molecule has 0 fully saturated rings. The van der Waals surface area contributed by atoms with E-state index >= 15 is 0 Å². The number of hydrogen-bond acceptors (Lipinski definition) is 4. The minimum Gasteiger partial charge on any atom is -0.507 e. The quantitative estimate of drug-likeness (QED) is 0.452. The van der Waals surface area contributed by atoms with Gasteiger partial charge in [0.15, 0.2) is 0 Å². The van der Waals surface area contributed by atoms with E-state index in [1.807, 2.05) is 30.3 Å². The van der Waals surface area contributed by atoms with Crippen molar-refractivity contribution in [2.45, 2.75) is 6.92 Å². The highest BCUT2D eigenvalue weighted by atomic mass is 32.1. The summed E-state index contributed by atoms with van der Waals surface area (Å²) in [6, 6.07) is 16.5. The Balaban J connectivity index is 1.96. The van der Waals surface area contributed by atoms with Crippen LogP contribution >= 0.6 is 12.2 Å². The number of para-hydroxylation sites is 1. The first-order chi connectivity index (χ1) is 11.6. The number of phenols is 2. The van der Waals surface area contributed by atoms with Crippen LogP contribution in [-0.4, -0.2) is 15.3 Å². The van der Waals surface area contributed by atoms with E-state index < -0.39 is 0 Å². The molecule has 6 heteroatoms. The molecule has 0 spiro atoms. The van der Waals surface area contributed by atoms with Gasteiger partial charge in [-0.05, 0) is 31.3 Å². The van der Waals surface area contributed by atoms with Crippen LogP contribution in [0.25, 0.3) is 10.8 Å². The van der Waals surface area contributed by atoms with Gasteiger partial charge < -0.3 is 15.5 Å². The molecular formula is C18H15N3O2S. The molecule has 3 aromatic carbocycles. The van der Waals surface area contributed by atoms with Crippen molar-refractivity contribution >= 4 is 39.5 Å². The van der Waals surface area contributed by atoms with Crippen molar-refractivity contribution in [2.24, 2.45) is 10.2 Å². The molecule has 0 bridgehead atoms. The molecule has 0 aliphatic rings. The number of benzene rings is 3. The number of nitrogens with one attached hydrogen (secondary N) is 1. The monoisotopic (exact) mass is 337 g/mol. The highest BCUT2D eigenvalue weighted by molar-refractivity contribution is 7.80. The Kier molecular flexibility index (Phi) is 4.39. The van der Waals surface area contributed by atoms with Crippen molar-refractivity contribution in [3.8, 4) is 11.5 Å². The summed E-state index contributed by atoms with van der Waals surface area (Å²) in [7, 11) is 0. The summed E-state index contributed by atoms with van der Waals surface area (Å²) in [5.74, 6) is -0.0792. The van der Waals surface area contributed by atoms with Gasteiger partial charge in [-0.1, -0.05) is 42.5 Å². The molecule has 0 amide bonds. The van der Waals surface area contributed by atoms with Crippen LogP contribution in [0.1, 0.15) is 5.56 Å². The Labute approximate surface area is 144 Å². The molecule has 0 aliphatic heterocycles. The minimum atomic E-state index is -0.113. The number of fused-ring (bicyclic) bond motifs is 1. The molecule has 0 aromatic heterocycles. The molecule has 3 aromatic rings. The van der Waals surface area contributed by atoms with Crippen molar-refractivity contribution in [1.82, 2.24) is 0 Å². The Bertz CT molecular complexity index is 940. The van der Waals surface area contributed by atoms with Crippen LogP contribution in [0, 0.1) is 6.92 Å². The van der Waals surface area contributed by atoms with Crippen LogP contribution in [0.5, 0.6) is 11.5 Å². The zero-order chi connectivity index (χ0) is 17.1. The molecule has 3 rings (SSSR count). The van der Waals surface area contributed by atoms with Crippen molar-refractivity contribution in [3.63, 3.8) is 0 Å². The molecule has 0 saturated carbocycles. The van der Waals surface area contributed by atoms with Gasteiger partial charge in [0.05, 0.1) is 0 Å². The number of anilines is 1. The van der Waals surface area contributed by atoms with Gasteiger partial charge in [-0.2, -0.15) is 0 Å². The zero-order valence-corrected chi connectivity index (χ0v) is 13.7. The summed E-state index contributed by atoms with van der Waals surface area (Å²) >= 11 is 5.16. The third-order valence-electron chi connectivity index (χ3n) is 3.64. The minimum absolute atomic E-state index is 0.0343. The van der Waals surface area contributed by atoms with Crippen LogP contribution in [-0.2, 0) is 0 Å². The first kappa shape index (κ1) is 15.9. The fourth-order valence-corrected chi connectivity index (χ4v) is 2.54. The molecule has 0 heterocycles. The van der Waals surface area contributed by atoms with Crippen molar-refractivity contribution in [2.75, 3.05) is 5.32 Å². The molecule has 3 N–H and O–H groups in total. The van der Waals surface area contributed by atoms with Crippen LogP contribution < -0.4 is 5.32 Å². The topological polar surface area (TPSA) is 77.2 Å². The summed E-state index contributed by atoms with van der Waals surface area (Å²) in [6.07, 6.45) is 0. The van der Waals surface area contributed by atoms with Gasteiger partial charge in [-0.15, -0.1) is 10.2 Å². The lowest BCUT2D eigenvalue weighted by molar-refractivity contribution is 0.448. The van der Waals surface area contributed by atoms with Crippen molar-refractivity contribution in [3.05, 3.63) is 60.2 Å². The molecular weight excluding hydrogens is 322 g/mol. The summed E-state index contributed by atoms with van der Waals surface area (Å²) in [6.45, 7) is 1.62. The van der Waals surface area contributed by atoms with E-state index in [1.165, 1.54) is 0 Å². The fraction of sp³-hybridized carbons (Fsp3) is 0.0556. The maximum Gasteiger partial charge on any atom is 0.218 e. The van der Waals surface area contributed by atoms with E-state index in [4.69, 9.17) is 12.2 Å². The average Bonchev–Trinajstić information content (AvgIpc) is 2.60. The smallest absolute Gasteiger partial charge is 0.218 e. The van der Waals surface area contributed by atoms with Gasteiger partial charge >= 0.3 is 0 Å². The molecule has 5 nitrogen and oxygen atoms in total. The SMILES string of the molecule is Cc1c(O)c(N=NC(=S)Nc2ccccc2)c2ccccc2c1O. The lowest BCUT2D eigenvalue weighted by atomic mass is 10.0. The Morgan fingerprint density at radius 3 is 2.25 bits per heavy atom. The second-order valence-electron chi connectivity index (χ2n) is 5.21. The number of nitrogens with zero attached hydrogens (tertiary/aromatic N) is 2. The zero-order valence-electron chi connectivity index (χ0n) is 12.9. The van der Waals surface area contributed by atoms with Gasteiger partial charge in [-0.25, -0.2) is 0 Å². The second kappa shape index (κ2) is 6.64. The van der Waals surface area contributed by atoms with E-state index in [2.05, 4.69) is 15.5 Å². The molecule has 0 atom stereocenters. The van der Waals surface area contributed by atoms with Crippen LogP contribution in [0.15, 0.2) is 64.8 Å². The Morgan fingerprint density at radius 2 is 1.54 bits per heavy atom.